The minimum Gasteiger partial charge on any atom is -0.381 e. The molecular formula is C14H18ClF2NO. The van der Waals surface area contributed by atoms with Gasteiger partial charge in [-0.3, -0.25) is 0 Å². The highest BCUT2D eigenvalue weighted by molar-refractivity contribution is 6.30. The van der Waals surface area contributed by atoms with E-state index in [1.165, 1.54) is 6.07 Å². The Labute approximate surface area is 117 Å². The highest BCUT2D eigenvalue weighted by Gasteiger charge is 2.28. The maximum absolute atomic E-state index is 14.0. The van der Waals surface area contributed by atoms with Crippen LogP contribution in [-0.4, -0.2) is 19.8 Å². The van der Waals surface area contributed by atoms with Crippen LogP contribution < -0.4 is 5.32 Å². The van der Waals surface area contributed by atoms with Crippen LogP contribution in [0.1, 0.15) is 31.4 Å². The van der Waals surface area contributed by atoms with Gasteiger partial charge in [0.05, 0.1) is 11.6 Å². The Bertz CT molecular complexity index is 436. The second-order valence-electron chi connectivity index (χ2n) is 4.80. The summed E-state index contributed by atoms with van der Waals surface area (Å²) in [5, 5.41) is 3.04. The summed E-state index contributed by atoms with van der Waals surface area (Å²) in [5.41, 5.74) is 0.333. The zero-order valence-corrected chi connectivity index (χ0v) is 11.6. The molecule has 19 heavy (non-hydrogen) atoms. The molecule has 0 amide bonds. The molecule has 1 aromatic carbocycles. The largest absolute Gasteiger partial charge is 0.381 e. The molecule has 0 aliphatic carbocycles. The fourth-order valence-electron chi connectivity index (χ4n) is 2.56. The molecule has 2 rings (SSSR count). The van der Waals surface area contributed by atoms with Gasteiger partial charge < -0.3 is 10.1 Å². The number of rotatable bonds is 4. The summed E-state index contributed by atoms with van der Waals surface area (Å²) in [4.78, 5) is 0. The number of benzene rings is 1. The molecule has 5 heteroatoms. The Morgan fingerprint density at radius 3 is 2.84 bits per heavy atom. The quantitative estimate of drug-likeness (QED) is 0.854. The van der Waals surface area contributed by atoms with Crippen molar-refractivity contribution in [2.75, 3.05) is 19.8 Å². The Morgan fingerprint density at radius 1 is 1.42 bits per heavy atom. The van der Waals surface area contributed by atoms with E-state index in [4.69, 9.17) is 16.3 Å². The smallest absolute Gasteiger partial charge is 0.142 e. The molecule has 0 spiro atoms. The van der Waals surface area contributed by atoms with Crippen molar-refractivity contribution in [2.45, 2.75) is 25.8 Å². The van der Waals surface area contributed by atoms with Gasteiger partial charge in [0.25, 0.3) is 0 Å². The third kappa shape index (κ3) is 3.44. The van der Waals surface area contributed by atoms with Crippen molar-refractivity contribution in [2.24, 2.45) is 5.92 Å². The maximum atomic E-state index is 14.0. The van der Waals surface area contributed by atoms with E-state index in [0.717, 1.165) is 25.5 Å². The van der Waals surface area contributed by atoms with Gasteiger partial charge in [0.15, 0.2) is 0 Å². The van der Waals surface area contributed by atoms with Crippen molar-refractivity contribution >= 4 is 11.6 Å². The van der Waals surface area contributed by atoms with Gasteiger partial charge in [-0.2, -0.15) is 0 Å². The van der Waals surface area contributed by atoms with Crippen molar-refractivity contribution in [1.29, 1.82) is 0 Å². The molecule has 0 radical (unpaired) electrons. The summed E-state index contributed by atoms with van der Waals surface area (Å²) < 4.78 is 33.0. The van der Waals surface area contributed by atoms with Crippen molar-refractivity contribution in [3.63, 3.8) is 0 Å². The van der Waals surface area contributed by atoms with E-state index in [0.29, 0.717) is 18.7 Å². The minimum absolute atomic E-state index is 0.156. The summed E-state index contributed by atoms with van der Waals surface area (Å²) in [6, 6.07) is 2.00. The van der Waals surface area contributed by atoms with Crippen LogP contribution in [0, 0.1) is 17.6 Å². The number of hydrogen-bond acceptors (Lipinski definition) is 2. The minimum atomic E-state index is -0.585. The number of hydrogen-bond donors (Lipinski definition) is 1. The van der Waals surface area contributed by atoms with Crippen LogP contribution in [0.3, 0.4) is 0 Å². The van der Waals surface area contributed by atoms with Crippen LogP contribution >= 0.6 is 11.6 Å². The lowest BCUT2D eigenvalue weighted by molar-refractivity contribution is 0.0387. The highest BCUT2D eigenvalue weighted by Crippen LogP contribution is 2.32. The molecule has 0 aromatic heterocycles. The zero-order valence-electron chi connectivity index (χ0n) is 10.9. The van der Waals surface area contributed by atoms with Crippen LogP contribution in [0.2, 0.25) is 5.02 Å². The standard InChI is InChI=1S/C14H18ClF2NO/c1-2-18-14(9-4-3-5-19-8-9)10-6-13(17)11(15)7-12(10)16/h6-7,9,14,18H,2-5,8H2,1H3. The lowest BCUT2D eigenvalue weighted by Crippen LogP contribution is -2.34. The first-order valence-corrected chi connectivity index (χ1v) is 6.96. The van der Waals surface area contributed by atoms with Gasteiger partial charge in [0.1, 0.15) is 11.6 Å². The molecule has 2 nitrogen and oxygen atoms in total. The Kier molecular flexibility index (Phi) is 5.13. The molecule has 1 heterocycles. The van der Waals surface area contributed by atoms with Gasteiger partial charge in [-0.05, 0) is 31.5 Å². The summed E-state index contributed by atoms with van der Waals surface area (Å²) >= 11 is 5.59. The van der Waals surface area contributed by atoms with Crippen LogP contribution in [-0.2, 0) is 4.74 Å². The van der Waals surface area contributed by atoms with Crippen molar-refractivity contribution < 1.29 is 13.5 Å². The lowest BCUT2D eigenvalue weighted by atomic mass is 9.88. The van der Waals surface area contributed by atoms with Gasteiger partial charge in [0, 0.05) is 24.1 Å². The monoisotopic (exact) mass is 289 g/mol. The van der Waals surface area contributed by atoms with E-state index in [2.05, 4.69) is 5.32 Å². The molecule has 1 N–H and O–H groups in total. The molecular weight excluding hydrogens is 272 g/mol. The molecule has 1 aliphatic rings. The average Bonchev–Trinajstić information content (AvgIpc) is 2.42. The van der Waals surface area contributed by atoms with Crippen LogP contribution in [0.25, 0.3) is 0 Å². The van der Waals surface area contributed by atoms with Crippen molar-refractivity contribution in [3.05, 3.63) is 34.4 Å². The van der Waals surface area contributed by atoms with E-state index in [9.17, 15) is 8.78 Å². The van der Waals surface area contributed by atoms with E-state index in [-0.39, 0.29) is 17.0 Å². The normalized spacial score (nSPS) is 21.4. The third-order valence-corrected chi connectivity index (χ3v) is 3.76. The first-order valence-electron chi connectivity index (χ1n) is 6.59. The molecule has 1 aromatic rings. The maximum Gasteiger partial charge on any atom is 0.142 e. The van der Waals surface area contributed by atoms with Gasteiger partial charge in [-0.1, -0.05) is 18.5 Å². The third-order valence-electron chi connectivity index (χ3n) is 3.47. The summed E-state index contributed by atoms with van der Waals surface area (Å²) in [5.74, 6) is -0.899. The van der Waals surface area contributed by atoms with Crippen molar-refractivity contribution in [1.82, 2.24) is 5.32 Å². The van der Waals surface area contributed by atoms with Crippen LogP contribution in [0.15, 0.2) is 12.1 Å². The number of nitrogens with one attached hydrogen (secondary N) is 1. The second-order valence-corrected chi connectivity index (χ2v) is 5.21. The van der Waals surface area contributed by atoms with Gasteiger partial charge in [-0.25, -0.2) is 8.78 Å². The average molecular weight is 290 g/mol. The van der Waals surface area contributed by atoms with Crippen molar-refractivity contribution in [3.8, 4) is 0 Å². The Morgan fingerprint density at radius 2 is 2.21 bits per heavy atom. The summed E-state index contributed by atoms with van der Waals surface area (Å²) in [6.45, 7) is 3.94. The van der Waals surface area contributed by atoms with Gasteiger partial charge >= 0.3 is 0 Å². The molecule has 1 fully saturated rings. The zero-order chi connectivity index (χ0) is 13.8. The molecule has 106 valence electrons. The Hall–Kier alpha value is -0.710. The second kappa shape index (κ2) is 6.64. The van der Waals surface area contributed by atoms with E-state index in [1.54, 1.807) is 0 Å². The summed E-state index contributed by atoms with van der Waals surface area (Å²) in [7, 11) is 0. The van der Waals surface area contributed by atoms with E-state index in [1.807, 2.05) is 6.92 Å². The highest BCUT2D eigenvalue weighted by atomic mass is 35.5. The predicted molar refractivity (Wildman–Crippen MR) is 71.3 cm³/mol. The van der Waals surface area contributed by atoms with Crippen LogP contribution in [0.5, 0.6) is 0 Å². The first-order chi connectivity index (χ1) is 9.13. The molecule has 2 unspecified atom stereocenters. The van der Waals surface area contributed by atoms with Gasteiger partial charge in [0.2, 0.25) is 0 Å². The lowest BCUT2D eigenvalue weighted by Gasteiger charge is -2.31. The molecule has 1 aliphatic heterocycles. The predicted octanol–water partition coefficient (Wildman–Crippen LogP) is 3.70. The van der Waals surface area contributed by atoms with E-state index >= 15 is 0 Å². The van der Waals surface area contributed by atoms with Gasteiger partial charge in [-0.15, -0.1) is 0 Å². The fraction of sp³-hybridized carbons (Fsp3) is 0.571. The molecule has 2 atom stereocenters. The summed E-state index contributed by atoms with van der Waals surface area (Å²) in [6.07, 6.45) is 1.89. The molecule has 1 saturated heterocycles. The SMILES string of the molecule is CCNC(c1cc(F)c(Cl)cc1F)C1CCCOC1. The molecule has 0 bridgehead atoms. The number of halogens is 3. The Balaban J connectivity index is 2.29. The number of ether oxygens (including phenoxy) is 1. The topological polar surface area (TPSA) is 21.3 Å². The first kappa shape index (κ1) is 14.7. The van der Waals surface area contributed by atoms with Crippen LogP contribution in [0.4, 0.5) is 8.78 Å². The fourth-order valence-corrected chi connectivity index (χ4v) is 2.71. The van der Waals surface area contributed by atoms with E-state index < -0.39 is 11.6 Å². The molecule has 0 saturated carbocycles.